The van der Waals surface area contributed by atoms with Crippen molar-refractivity contribution in [2.24, 2.45) is 0 Å². The van der Waals surface area contributed by atoms with Crippen molar-refractivity contribution in [3.05, 3.63) is 29.8 Å². The van der Waals surface area contributed by atoms with Crippen LogP contribution in [0.3, 0.4) is 0 Å². The van der Waals surface area contributed by atoms with Gasteiger partial charge in [0.05, 0.1) is 0 Å². The Morgan fingerprint density at radius 3 is 2.21 bits per heavy atom. The molecule has 1 aromatic rings. The first kappa shape index (κ1) is 15.7. The molecule has 1 saturated heterocycles. The van der Waals surface area contributed by atoms with Crippen LogP contribution in [0.4, 0.5) is 5.69 Å². The van der Waals surface area contributed by atoms with Crippen LogP contribution in [0, 0.1) is 0 Å². The Hall–Kier alpha value is -1.84. The van der Waals surface area contributed by atoms with Crippen LogP contribution >= 0.6 is 0 Å². The first-order valence-corrected chi connectivity index (χ1v) is 9.47. The molecule has 4 rings (SSSR count). The van der Waals surface area contributed by atoms with Gasteiger partial charge in [-0.1, -0.05) is 12.8 Å². The lowest BCUT2D eigenvalue weighted by Crippen LogP contribution is -2.40. The zero-order valence-corrected chi connectivity index (χ0v) is 14.2. The van der Waals surface area contributed by atoms with Gasteiger partial charge in [0.2, 0.25) is 5.91 Å². The second kappa shape index (κ2) is 6.58. The topological polar surface area (TPSA) is 40.6 Å². The quantitative estimate of drug-likeness (QED) is 0.845. The van der Waals surface area contributed by atoms with Gasteiger partial charge in [-0.05, 0) is 62.8 Å². The van der Waals surface area contributed by atoms with Gasteiger partial charge >= 0.3 is 0 Å². The van der Waals surface area contributed by atoms with Crippen molar-refractivity contribution in [1.29, 1.82) is 0 Å². The van der Waals surface area contributed by atoms with Crippen molar-refractivity contribution in [2.45, 2.75) is 69.9 Å². The van der Waals surface area contributed by atoms with Crippen LogP contribution in [-0.2, 0) is 4.79 Å². The molecule has 0 atom stereocenters. The fourth-order valence-electron chi connectivity index (χ4n) is 4.18. The summed E-state index contributed by atoms with van der Waals surface area (Å²) >= 11 is 0. The van der Waals surface area contributed by atoms with Crippen LogP contribution in [-0.4, -0.2) is 35.3 Å². The molecule has 0 N–H and O–H groups in total. The zero-order valence-electron chi connectivity index (χ0n) is 14.2. The van der Waals surface area contributed by atoms with Crippen LogP contribution in [0.1, 0.15) is 68.1 Å². The molecule has 0 unspecified atom stereocenters. The van der Waals surface area contributed by atoms with Crippen molar-refractivity contribution < 1.29 is 9.59 Å². The van der Waals surface area contributed by atoms with Gasteiger partial charge in [0.15, 0.2) is 0 Å². The molecule has 1 aromatic carbocycles. The van der Waals surface area contributed by atoms with E-state index >= 15 is 0 Å². The third kappa shape index (κ3) is 3.06. The lowest BCUT2D eigenvalue weighted by atomic mass is 10.1. The maximum absolute atomic E-state index is 13.0. The molecule has 0 radical (unpaired) electrons. The van der Waals surface area contributed by atoms with Crippen molar-refractivity contribution in [2.75, 3.05) is 11.4 Å². The Bertz CT molecular complexity index is 615. The maximum Gasteiger partial charge on any atom is 0.254 e. The first-order valence-electron chi connectivity index (χ1n) is 9.47. The van der Waals surface area contributed by atoms with Crippen molar-refractivity contribution in [1.82, 2.24) is 4.90 Å². The molecule has 2 amide bonds. The standard InChI is InChI=1S/C20H26N2O2/c23-19-7-3-4-14-21(19)16-10-8-15(9-11-16)20(24)22(18-12-13-18)17-5-1-2-6-17/h8-11,17-18H,1-7,12-14H2. The zero-order chi connectivity index (χ0) is 16.5. The number of rotatable bonds is 4. The first-order chi connectivity index (χ1) is 11.7. The number of carbonyl (C=O) groups excluding carboxylic acids is 2. The summed E-state index contributed by atoms with van der Waals surface area (Å²) in [5, 5.41) is 0. The van der Waals surface area contributed by atoms with Gasteiger partial charge in [-0.25, -0.2) is 0 Å². The molecule has 4 nitrogen and oxygen atoms in total. The summed E-state index contributed by atoms with van der Waals surface area (Å²) in [6.45, 7) is 0.794. The van der Waals surface area contributed by atoms with E-state index in [1.54, 1.807) is 0 Å². The lowest BCUT2D eigenvalue weighted by molar-refractivity contribution is -0.119. The summed E-state index contributed by atoms with van der Waals surface area (Å²) < 4.78 is 0. The summed E-state index contributed by atoms with van der Waals surface area (Å²) in [6, 6.07) is 8.59. The van der Waals surface area contributed by atoms with Crippen molar-refractivity contribution in [3.63, 3.8) is 0 Å². The number of piperidine rings is 1. The fourth-order valence-corrected chi connectivity index (χ4v) is 4.18. The molecule has 1 heterocycles. The Morgan fingerprint density at radius 1 is 0.917 bits per heavy atom. The van der Waals surface area contributed by atoms with Gasteiger partial charge in [-0.3, -0.25) is 9.59 Å². The van der Waals surface area contributed by atoms with Gasteiger partial charge in [-0.15, -0.1) is 0 Å². The second-order valence-electron chi connectivity index (χ2n) is 7.43. The maximum atomic E-state index is 13.0. The minimum atomic E-state index is 0.181. The molecule has 128 valence electrons. The van der Waals surface area contributed by atoms with Crippen molar-refractivity contribution >= 4 is 17.5 Å². The third-order valence-electron chi connectivity index (χ3n) is 5.64. The van der Waals surface area contributed by atoms with E-state index in [0.29, 0.717) is 18.5 Å². The SMILES string of the molecule is O=C1CCCCN1c1ccc(C(=O)N(C2CCCC2)C2CC2)cc1. The van der Waals surface area contributed by atoms with Crippen LogP contribution in [0.25, 0.3) is 0 Å². The van der Waals surface area contributed by atoms with E-state index < -0.39 is 0 Å². The summed E-state index contributed by atoms with van der Waals surface area (Å²) in [7, 11) is 0. The van der Waals surface area contributed by atoms with E-state index in [0.717, 1.165) is 56.3 Å². The fraction of sp³-hybridized carbons (Fsp3) is 0.600. The van der Waals surface area contributed by atoms with Gasteiger partial charge in [0.25, 0.3) is 5.91 Å². The monoisotopic (exact) mass is 326 g/mol. The second-order valence-corrected chi connectivity index (χ2v) is 7.43. The highest BCUT2D eigenvalue weighted by Crippen LogP contribution is 2.35. The number of benzene rings is 1. The number of hydrogen-bond donors (Lipinski definition) is 0. The smallest absolute Gasteiger partial charge is 0.254 e. The Balaban J connectivity index is 1.51. The third-order valence-corrected chi connectivity index (χ3v) is 5.64. The highest BCUT2D eigenvalue weighted by Gasteiger charge is 2.38. The van der Waals surface area contributed by atoms with E-state index in [2.05, 4.69) is 4.90 Å². The van der Waals surface area contributed by atoms with Crippen molar-refractivity contribution in [3.8, 4) is 0 Å². The molecule has 0 aromatic heterocycles. The Kier molecular flexibility index (Phi) is 4.30. The van der Waals surface area contributed by atoms with Gasteiger partial charge in [0, 0.05) is 36.3 Å². The molecule has 2 aliphatic carbocycles. The van der Waals surface area contributed by atoms with Gasteiger partial charge in [-0.2, -0.15) is 0 Å². The molecule has 2 saturated carbocycles. The summed E-state index contributed by atoms with van der Waals surface area (Å²) in [5.74, 6) is 0.381. The molecule has 0 bridgehead atoms. The predicted octanol–water partition coefficient (Wildman–Crippen LogP) is 3.75. The minimum absolute atomic E-state index is 0.181. The van der Waals surface area contributed by atoms with Crippen LogP contribution < -0.4 is 4.90 Å². The van der Waals surface area contributed by atoms with E-state index in [1.165, 1.54) is 12.8 Å². The number of carbonyl (C=O) groups is 2. The average molecular weight is 326 g/mol. The molecular formula is C20H26N2O2. The Morgan fingerprint density at radius 2 is 1.58 bits per heavy atom. The van der Waals surface area contributed by atoms with E-state index in [4.69, 9.17) is 0 Å². The van der Waals surface area contributed by atoms with E-state index in [-0.39, 0.29) is 11.8 Å². The number of nitrogens with zero attached hydrogens (tertiary/aromatic N) is 2. The van der Waals surface area contributed by atoms with E-state index in [9.17, 15) is 9.59 Å². The molecule has 3 fully saturated rings. The van der Waals surface area contributed by atoms with Gasteiger partial charge < -0.3 is 9.80 Å². The van der Waals surface area contributed by atoms with Gasteiger partial charge in [0.1, 0.15) is 0 Å². The Labute approximate surface area is 143 Å². The summed E-state index contributed by atoms with van der Waals surface area (Å²) in [5.41, 5.74) is 1.69. The predicted molar refractivity (Wildman–Crippen MR) is 94.1 cm³/mol. The molecule has 3 aliphatic rings. The molecular weight excluding hydrogens is 300 g/mol. The normalized spacial score (nSPS) is 22.0. The van der Waals surface area contributed by atoms with Crippen LogP contribution in [0.5, 0.6) is 0 Å². The largest absolute Gasteiger partial charge is 0.333 e. The summed E-state index contributed by atoms with van der Waals surface area (Å²) in [6.07, 6.45) is 9.80. The molecule has 24 heavy (non-hydrogen) atoms. The average Bonchev–Trinajstić information content (AvgIpc) is 3.29. The minimum Gasteiger partial charge on any atom is -0.333 e. The molecule has 1 aliphatic heterocycles. The summed E-state index contributed by atoms with van der Waals surface area (Å²) in [4.78, 5) is 29.1. The van der Waals surface area contributed by atoms with Crippen LogP contribution in [0.15, 0.2) is 24.3 Å². The molecule has 0 spiro atoms. The lowest BCUT2D eigenvalue weighted by Gasteiger charge is -2.30. The number of hydrogen-bond acceptors (Lipinski definition) is 2. The van der Waals surface area contributed by atoms with E-state index in [1.807, 2.05) is 29.2 Å². The number of anilines is 1. The number of amides is 2. The van der Waals surface area contributed by atoms with Crippen LogP contribution in [0.2, 0.25) is 0 Å². The highest BCUT2D eigenvalue weighted by atomic mass is 16.2. The molecule has 4 heteroatoms. The highest BCUT2D eigenvalue weighted by molar-refractivity contribution is 5.97.